The van der Waals surface area contributed by atoms with E-state index in [1.807, 2.05) is 36.2 Å². The lowest BCUT2D eigenvalue weighted by atomic mass is 9.86. The SMILES string of the molecule is C=CCOc1ccc(CN(C)CC(=O)N[C@H]2CCCC[C@@H]2C)cc1. The number of rotatable bonds is 8. The summed E-state index contributed by atoms with van der Waals surface area (Å²) in [4.78, 5) is 14.3. The van der Waals surface area contributed by atoms with E-state index in [2.05, 4.69) is 18.8 Å². The van der Waals surface area contributed by atoms with Gasteiger partial charge in [0.1, 0.15) is 12.4 Å². The van der Waals surface area contributed by atoms with Crippen LogP contribution in [-0.2, 0) is 11.3 Å². The van der Waals surface area contributed by atoms with Gasteiger partial charge >= 0.3 is 0 Å². The zero-order valence-electron chi connectivity index (χ0n) is 15.0. The number of ether oxygens (including phenoxy) is 1. The number of hydrogen-bond donors (Lipinski definition) is 1. The van der Waals surface area contributed by atoms with Gasteiger partial charge in [0.2, 0.25) is 5.91 Å². The van der Waals surface area contributed by atoms with Crippen molar-refractivity contribution in [1.29, 1.82) is 0 Å². The first kappa shape index (κ1) is 18.5. The first-order valence-corrected chi connectivity index (χ1v) is 8.89. The Kier molecular flexibility index (Phi) is 7.32. The normalized spacial score (nSPS) is 20.6. The zero-order chi connectivity index (χ0) is 17.4. The minimum atomic E-state index is 0.127. The number of benzene rings is 1. The summed E-state index contributed by atoms with van der Waals surface area (Å²) in [6, 6.07) is 8.33. The Bertz CT molecular complexity index is 527. The molecule has 2 atom stereocenters. The van der Waals surface area contributed by atoms with Gasteiger partial charge in [0.05, 0.1) is 6.54 Å². The fourth-order valence-corrected chi connectivity index (χ4v) is 3.24. The summed E-state index contributed by atoms with van der Waals surface area (Å²) in [5.41, 5.74) is 1.17. The second-order valence-corrected chi connectivity index (χ2v) is 6.85. The summed E-state index contributed by atoms with van der Waals surface area (Å²) >= 11 is 0. The summed E-state index contributed by atoms with van der Waals surface area (Å²) in [7, 11) is 1.98. The topological polar surface area (TPSA) is 41.6 Å². The van der Waals surface area contributed by atoms with Crippen molar-refractivity contribution in [3.63, 3.8) is 0 Å². The number of carbonyl (C=O) groups is 1. The zero-order valence-corrected chi connectivity index (χ0v) is 15.0. The van der Waals surface area contributed by atoms with Gasteiger partial charge in [0, 0.05) is 12.6 Å². The van der Waals surface area contributed by atoms with E-state index >= 15 is 0 Å². The lowest BCUT2D eigenvalue weighted by molar-refractivity contribution is -0.123. The van der Waals surface area contributed by atoms with Crippen LogP contribution in [0.4, 0.5) is 0 Å². The highest BCUT2D eigenvalue weighted by atomic mass is 16.5. The van der Waals surface area contributed by atoms with Crippen LogP contribution in [0.25, 0.3) is 0 Å². The van der Waals surface area contributed by atoms with Crippen LogP contribution in [0.5, 0.6) is 5.75 Å². The lowest BCUT2D eigenvalue weighted by Gasteiger charge is -2.30. The van der Waals surface area contributed by atoms with Crippen molar-refractivity contribution in [2.45, 2.75) is 45.2 Å². The number of nitrogens with one attached hydrogen (secondary N) is 1. The molecule has 132 valence electrons. The van der Waals surface area contributed by atoms with Crippen LogP contribution < -0.4 is 10.1 Å². The van der Waals surface area contributed by atoms with Crippen LogP contribution in [0.2, 0.25) is 0 Å². The fourth-order valence-electron chi connectivity index (χ4n) is 3.24. The molecular weight excluding hydrogens is 300 g/mol. The minimum absolute atomic E-state index is 0.127. The van der Waals surface area contributed by atoms with Crippen molar-refractivity contribution in [2.75, 3.05) is 20.2 Å². The summed E-state index contributed by atoms with van der Waals surface area (Å²) in [5, 5.41) is 3.21. The average molecular weight is 330 g/mol. The third-order valence-corrected chi connectivity index (χ3v) is 4.62. The van der Waals surface area contributed by atoms with E-state index in [0.29, 0.717) is 25.1 Å². The van der Waals surface area contributed by atoms with Crippen molar-refractivity contribution < 1.29 is 9.53 Å². The average Bonchev–Trinajstić information content (AvgIpc) is 2.56. The van der Waals surface area contributed by atoms with E-state index < -0.39 is 0 Å². The van der Waals surface area contributed by atoms with E-state index in [1.54, 1.807) is 6.08 Å². The number of likely N-dealkylation sites (N-methyl/N-ethyl adjacent to an activating group) is 1. The van der Waals surface area contributed by atoms with E-state index in [0.717, 1.165) is 18.7 Å². The molecule has 1 saturated carbocycles. The Morgan fingerprint density at radius 1 is 1.33 bits per heavy atom. The standard InChI is InChI=1S/C20H30N2O2/c1-4-13-24-18-11-9-17(10-12-18)14-22(3)15-20(23)21-19-8-6-5-7-16(19)2/h4,9-12,16,19H,1,5-8,13-15H2,2-3H3,(H,21,23)/t16-,19-/m0/s1. The smallest absolute Gasteiger partial charge is 0.234 e. The Balaban J connectivity index is 1.76. The molecular formula is C20H30N2O2. The molecule has 1 aromatic carbocycles. The van der Waals surface area contributed by atoms with Gasteiger partial charge in [-0.25, -0.2) is 0 Å². The molecule has 1 aliphatic rings. The maximum atomic E-state index is 12.2. The maximum Gasteiger partial charge on any atom is 0.234 e. The number of nitrogens with zero attached hydrogens (tertiary/aromatic N) is 1. The van der Waals surface area contributed by atoms with Crippen molar-refractivity contribution in [3.05, 3.63) is 42.5 Å². The molecule has 0 unspecified atom stereocenters. The van der Waals surface area contributed by atoms with Crippen molar-refractivity contribution >= 4 is 5.91 Å². The minimum Gasteiger partial charge on any atom is -0.490 e. The Hall–Kier alpha value is -1.81. The van der Waals surface area contributed by atoms with Gasteiger partial charge in [-0.2, -0.15) is 0 Å². The van der Waals surface area contributed by atoms with Crippen LogP contribution >= 0.6 is 0 Å². The summed E-state index contributed by atoms with van der Waals surface area (Å²) in [6.07, 6.45) is 6.59. The highest BCUT2D eigenvalue weighted by molar-refractivity contribution is 5.78. The van der Waals surface area contributed by atoms with Gasteiger partial charge in [-0.3, -0.25) is 9.69 Å². The van der Waals surface area contributed by atoms with Crippen LogP contribution in [-0.4, -0.2) is 37.0 Å². The lowest BCUT2D eigenvalue weighted by Crippen LogP contribution is -2.44. The van der Waals surface area contributed by atoms with Crippen molar-refractivity contribution in [3.8, 4) is 5.75 Å². The quantitative estimate of drug-likeness (QED) is 0.743. The molecule has 2 rings (SSSR count). The van der Waals surface area contributed by atoms with Crippen molar-refractivity contribution in [2.24, 2.45) is 5.92 Å². The molecule has 1 fully saturated rings. The molecule has 1 N–H and O–H groups in total. The van der Waals surface area contributed by atoms with E-state index in [9.17, 15) is 4.79 Å². The maximum absolute atomic E-state index is 12.2. The van der Waals surface area contributed by atoms with E-state index in [-0.39, 0.29) is 5.91 Å². The highest BCUT2D eigenvalue weighted by Crippen LogP contribution is 2.23. The second kappa shape index (κ2) is 9.48. The van der Waals surface area contributed by atoms with Crippen LogP contribution in [0, 0.1) is 5.92 Å². The fraction of sp³-hybridized carbons (Fsp3) is 0.550. The monoisotopic (exact) mass is 330 g/mol. The molecule has 4 nitrogen and oxygen atoms in total. The third kappa shape index (κ3) is 6.00. The molecule has 1 aliphatic carbocycles. The van der Waals surface area contributed by atoms with Gasteiger partial charge in [-0.1, -0.05) is 44.6 Å². The first-order valence-electron chi connectivity index (χ1n) is 8.89. The van der Waals surface area contributed by atoms with Gasteiger partial charge in [-0.15, -0.1) is 0 Å². The predicted octanol–water partition coefficient (Wildman–Crippen LogP) is 3.38. The molecule has 4 heteroatoms. The van der Waals surface area contributed by atoms with Gasteiger partial charge in [0.25, 0.3) is 0 Å². The molecule has 0 radical (unpaired) electrons. The number of carbonyl (C=O) groups excluding carboxylic acids is 1. The van der Waals surface area contributed by atoms with Gasteiger partial charge < -0.3 is 10.1 Å². The largest absolute Gasteiger partial charge is 0.490 e. The Labute approximate surface area is 145 Å². The molecule has 24 heavy (non-hydrogen) atoms. The molecule has 0 heterocycles. The third-order valence-electron chi connectivity index (χ3n) is 4.62. The van der Waals surface area contributed by atoms with E-state index in [4.69, 9.17) is 4.74 Å². The van der Waals surface area contributed by atoms with Crippen LogP contribution in [0.1, 0.15) is 38.2 Å². The first-order chi connectivity index (χ1) is 11.6. The van der Waals surface area contributed by atoms with Crippen molar-refractivity contribution in [1.82, 2.24) is 10.2 Å². The molecule has 0 bridgehead atoms. The molecule has 1 aromatic rings. The Morgan fingerprint density at radius 2 is 2.04 bits per heavy atom. The molecule has 0 spiro atoms. The van der Waals surface area contributed by atoms with Gasteiger partial charge in [0.15, 0.2) is 0 Å². The summed E-state index contributed by atoms with van der Waals surface area (Å²) in [6.45, 7) is 7.56. The molecule has 0 aliphatic heterocycles. The summed E-state index contributed by atoms with van der Waals surface area (Å²) in [5.74, 6) is 1.56. The summed E-state index contributed by atoms with van der Waals surface area (Å²) < 4.78 is 5.48. The van der Waals surface area contributed by atoms with Gasteiger partial charge in [-0.05, 0) is 43.5 Å². The van der Waals surface area contributed by atoms with Crippen LogP contribution in [0.3, 0.4) is 0 Å². The number of hydrogen-bond acceptors (Lipinski definition) is 3. The highest BCUT2D eigenvalue weighted by Gasteiger charge is 2.23. The Morgan fingerprint density at radius 3 is 2.71 bits per heavy atom. The molecule has 1 amide bonds. The molecule has 0 aromatic heterocycles. The van der Waals surface area contributed by atoms with Crippen LogP contribution in [0.15, 0.2) is 36.9 Å². The van der Waals surface area contributed by atoms with E-state index in [1.165, 1.54) is 24.8 Å². The molecule has 0 saturated heterocycles. The number of amides is 1. The predicted molar refractivity (Wildman–Crippen MR) is 98.0 cm³/mol. The second-order valence-electron chi connectivity index (χ2n) is 6.85.